The molecule has 1 heterocycles. The quantitative estimate of drug-likeness (QED) is 0.128. The molecule has 4 unspecified atom stereocenters. The summed E-state index contributed by atoms with van der Waals surface area (Å²) in [4.78, 5) is 53.5. The summed E-state index contributed by atoms with van der Waals surface area (Å²) >= 11 is 0. The lowest BCUT2D eigenvalue weighted by Crippen LogP contribution is -2.56. The molecule has 11 N–H and O–H groups in total. The van der Waals surface area contributed by atoms with E-state index in [1.165, 1.54) is 6.92 Å². The third-order valence-corrected chi connectivity index (χ3v) is 6.35. The number of aromatic amines is 1. The highest BCUT2D eigenvalue weighted by atomic mass is 16.4. The van der Waals surface area contributed by atoms with E-state index in [0.717, 1.165) is 22.9 Å². The minimum absolute atomic E-state index is 0.107. The van der Waals surface area contributed by atoms with Gasteiger partial charge in [-0.1, -0.05) is 24.6 Å². The number of carbonyl (C=O) groups is 4. The average molecular weight is 532 g/mol. The fraction of sp³-hybridized carbons (Fsp3) is 0.538. The number of aromatic nitrogens is 1. The van der Waals surface area contributed by atoms with Gasteiger partial charge < -0.3 is 43.2 Å². The van der Waals surface area contributed by atoms with E-state index in [2.05, 4.69) is 20.9 Å². The van der Waals surface area contributed by atoms with Crippen LogP contribution in [0.2, 0.25) is 0 Å². The van der Waals surface area contributed by atoms with Gasteiger partial charge in [0.2, 0.25) is 17.7 Å². The Balaban J connectivity index is 2.15. The Bertz CT molecular complexity index is 1070. The molecule has 0 aliphatic rings. The molecule has 0 fully saturated rings. The Hall–Kier alpha value is -3.48. The molecular formula is C26H41N7O5. The molecule has 4 atom stereocenters. The first-order valence-electron chi connectivity index (χ1n) is 13.0. The van der Waals surface area contributed by atoms with Crippen LogP contribution in [0, 0.1) is 0 Å². The molecule has 0 saturated carbocycles. The molecule has 1 aromatic heterocycles. The first-order chi connectivity index (χ1) is 18.2. The van der Waals surface area contributed by atoms with Gasteiger partial charge in [-0.2, -0.15) is 0 Å². The standard InChI is InChI=1S/C26H41N7O5/c1-16(31-24(35)19(29)9-4-6-12-27)23(34)33-22(14-17-15-30-20-10-3-2-8-18(17)20)25(36)32-21(26(37)38)11-5-7-13-28/h2-3,8,10,15-16,19,21-22,30H,4-7,9,11-14,27-29H2,1H3,(H,31,35)(H,32,36)(H,33,34)(H,37,38). The second-order valence-corrected chi connectivity index (χ2v) is 9.43. The van der Waals surface area contributed by atoms with Crippen molar-refractivity contribution in [3.8, 4) is 0 Å². The van der Waals surface area contributed by atoms with Gasteiger partial charge in [0.15, 0.2) is 0 Å². The van der Waals surface area contributed by atoms with Crippen LogP contribution >= 0.6 is 0 Å². The molecule has 12 nitrogen and oxygen atoms in total. The van der Waals surface area contributed by atoms with Crippen LogP contribution in [0.3, 0.4) is 0 Å². The minimum Gasteiger partial charge on any atom is -0.480 e. The number of rotatable bonds is 17. The number of H-pyrrole nitrogens is 1. The third-order valence-electron chi connectivity index (χ3n) is 6.35. The van der Waals surface area contributed by atoms with Crippen LogP contribution in [0.25, 0.3) is 10.9 Å². The number of hydrogen-bond donors (Lipinski definition) is 8. The van der Waals surface area contributed by atoms with Gasteiger partial charge in [-0.25, -0.2) is 4.79 Å². The van der Waals surface area contributed by atoms with Gasteiger partial charge in [-0.3, -0.25) is 14.4 Å². The van der Waals surface area contributed by atoms with Crippen molar-refractivity contribution >= 4 is 34.6 Å². The monoisotopic (exact) mass is 531 g/mol. The highest BCUT2D eigenvalue weighted by molar-refractivity contribution is 5.94. The number of fused-ring (bicyclic) bond motifs is 1. The highest BCUT2D eigenvalue weighted by Gasteiger charge is 2.29. The maximum Gasteiger partial charge on any atom is 0.326 e. The second-order valence-electron chi connectivity index (χ2n) is 9.43. The van der Waals surface area contributed by atoms with Gasteiger partial charge in [0, 0.05) is 23.5 Å². The molecule has 1 aromatic carbocycles. The largest absolute Gasteiger partial charge is 0.480 e. The molecule has 2 aromatic rings. The number of unbranched alkanes of at least 4 members (excludes halogenated alkanes) is 2. The second kappa shape index (κ2) is 15.7. The summed E-state index contributed by atoms with van der Waals surface area (Å²) in [6.07, 6.45) is 5.08. The van der Waals surface area contributed by atoms with Crippen molar-refractivity contribution < 1.29 is 24.3 Å². The lowest BCUT2D eigenvalue weighted by Gasteiger charge is -2.24. The molecule has 3 amide bonds. The Morgan fingerprint density at radius 2 is 1.50 bits per heavy atom. The van der Waals surface area contributed by atoms with Crippen molar-refractivity contribution in [1.82, 2.24) is 20.9 Å². The Morgan fingerprint density at radius 1 is 0.868 bits per heavy atom. The number of carboxylic acid groups (broad SMARTS) is 1. The number of nitrogens with one attached hydrogen (secondary N) is 4. The van der Waals surface area contributed by atoms with Crippen LogP contribution in [0.15, 0.2) is 30.5 Å². The molecular weight excluding hydrogens is 490 g/mol. The van der Waals surface area contributed by atoms with Crippen molar-refractivity contribution in [3.63, 3.8) is 0 Å². The van der Waals surface area contributed by atoms with E-state index in [0.29, 0.717) is 38.8 Å². The summed E-state index contributed by atoms with van der Waals surface area (Å²) in [5.41, 5.74) is 18.5. The zero-order valence-corrected chi connectivity index (χ0v) is 21.9. The number of amides is 3. The van der Waals surface area contributed by atoms with Crippen LogP contribution in [0.5, 0.6) is 0 Å². The van der Waals surface area contributed by atoms with E-state index in [9.17, 15) is 24.3 Å². The molecule has 0 spiro atoms. The van der Waals surface area contributed by atoms with Crippen LogP contribution in [-0.2, 0) is 25.6 Å². The first-order valence-corrected chi connectivity index (χ1v) is 13.0. The summed E-state index contributed by atoms with van der Waals surface area (Å²) in [6, 6.07) is 3.54. The first kappa shape index (κ1) is 30.7. The third kappa shape index (κ3) is 9.43. The van der Waals surface area contributed by atoms with Gasteiger partial charge >= 0.3 is 5.97 Å². The highest BCUT2D eigenvalue weighted by Crippen LogP contribution is 2.19. The summed E-state index contributed by atoms with van der Waals surface area (Å²) in [7, 11) is 0. The van der Waals surface area contributed by atoms with Gasteiger partial charge in [0.25, 0.3) is 0 Å². The van der Waals surface area contributed by atoms with Crippen LogP contribution in [0.1, 0.15) is 51.0 Å². The molecule has 0 bridgehead atoms. The lowest BCUT2D eigenvalue weighted by molar-refractivity contribution is -0.142. The molecule has 2 rings (SSSR count). The Labute approximate surface area is 222 Å². The number of aliphatic carboxylic acids is 1. The van der Waals surface area contributed by atoms with E-state index < -0.39 is 47.9 Å². The Kier molecular flexibility index (Phi) is 12.7. The minimum atomic E-state index is -1.17. The summed E-state index contributed by atoms with van der Waals surface area (Å²) in [6.45, 7) is 2.41. The maximum absolute atomic E-state index is 13.2. The fourth-order valence-electron chi connectivity index (χ4n) is 4.07. The smallest absolute Gasteiger partial charge is 0.326 e. The number of carboxylic acids is 1. The fourth-order valence-corrected chi connectivity index (χ4v) is 4.07. The zero-order valence-electron chi connectivity index (χ0n) is 21.9. The predicted octanol–water partition coefficient (Wildman–Crippen LogP) is -0.145. The number of hydrogen-bond acceptors (Lipinski definition) is 7. The molecule has 38 heavy (non-hydrogen) atoms. The lowest BCUT2D eigenvalue weighted by atomic mass is 10.0. The Morgan fingerprint density at radius 3 is 2.16 bits per heavy atom. The number of para-hydroxylation sites is 1. The van der Waals surface area contributed by atoms with Gasteiger partial charge in [-0.15, -0.1) is 0 Å². The van der Waals surface area contributed by atoms with E-state index in [-0.39, 0.29) is 12.8 Å². The predicted molar refractivity (Wildman–Crippen MR) is 145 cm³/mol. The van der Waals surface area contributed by atoms with E-state index >= 15 is 0 Å². The van der Waals surface area contributed by atoms with Crippen molar-refractivity contribution in [2.24, 2.45) is 17.2 Å². The summed E-state index contributed by atoms with van der Waals surface area (Å²) in [5.74, 6) is -2.88. The SMILES string of the molecule is CC(NC(=O)C(N)CCCCN)C(=O)NC(Cc1c[nH]c2ccccc12)C(=O)NC(CCCCN)C(=O)O. The molecule has 12 heteroatoms. The van der Waals surface area contributed by atoms with Crippen LogP contribution in [0.4, 0.5) is 0 Å². The number of nitrogens with two attached hydrogens (primary N) is 3. The van der Waals surface area contributed by atoms with Crippen molar-refractivity contribution in [2.75, 3.05) is 13.1 Å². The molecule has 210 valence electrons. The molecule has 0 saturated heterocycles. The molecule has 0 radical (unpaired) electrons. The number of carbonyl (C=O) groups excluding carboxylic acids is 3. The topological polar surface area (TPSA) is 218 Å². The van der Waals surface area contributed by atoms with Gasteiger partial charge in [-0.05, 0) is 63.7 Å². The van der Waals surface area contributed by atoms with Crippen molar-refractivity contribution in [3.05, 3.63) is 36.0 Å². The van der Waals surface area contributed by atoms with E-state index in [1.54, 1.807) is 6.20 Å². The van der Waals surface area contributed by atoms with Crippen LogP contribution < -0.4 is 33.2 Å². The number of benzene rings is 1. The van der Waals surface area contributed by atoms with E-state index in [4.69, 9.17) is 17.2 Å². The van der Waals surface area contributed by atoms with Crippen LogP contribution in [-0.4, -0.2) is 71.0 Å². The average Bonchev–Trinajstić information content (AvgIpc) is 3.30. The molecule has 0 aliphatic carbocycles. The summed E-state index contributed by atoms with van der Waals surface area (Å²) in [5, 5.41) is 18.3. The molecule has 0 aliphatic heterocycles. The normalized spacial score (nSPS) is 14.3. The van der Waals surface area contributed by atoms with Gasteiger partial charge in [0.1, 0.15) is 18.1 Å². The van der Waals surface area contributed by atoms with E-state index in [1.807, 2.05) is 24.3 Å². The maximum atomic E-state index is 13.2. The summed E-state index contributed by atoms with van der Waals surface area (Å²) < 4.78 is 0. The zero-order chi connectivity index (χ0) is 28.1. The van der Waals surface area contributed by atoms with Crippen molar-refractivity contribution in [2.45, 2.75) is 76.0 Å². The van der Waals surface area contributed by atoms with Gasteiger partial charge in [0.05, 0.1) is 6.04 Å². The van der Waals surface area contributed by atoms with Crippen molar-refractivity contribution in [1.29, 1.82) is 0 Å².